The molecule has 0 saturated carbocycles. The van der Waals surface area contributed by atoms with Crippen molar-refractivity contribution in [3.05, 3.63) is 109 Å². The molecular formula is C70H123NO8P+. The van der Waals surface area contributed by atoms with Crippen LogP contribution in [0.3, 0.4) is 0 Å². The zero-order valence-corrected chi connectivity index (χ0v) is 53.2. The van der Waals surface area contributed by atoms with Gasteiger partial charge in [0.2, 0.25) is 0 Å². The van der Waals surface area contributed by atoms with Crippen molar-refractivity contribution in [3.63, 3.8) is 0 Å². The van der Waals surface area contributed by atoms with Gasteiger partial charge in [0.1, 0.15) is 19.8 Å². The lowest BCUT2D eigenvalue weighted by atomic mass is 10.0. The molecule has 0 aliphatic carbocycles. The van der Waals surface area contributed by atoms with Crippen LogP contribution < -0.4 is 0 Å². The van der Waals surface area contributed by atoms with Crippen molar-refractivity contribution >= 4 is 19.8 Å². The summed E-state index contributed by atoms with van der Waals surface area (Å²) < 4.78 is 34.6. The fourth-order valence-corrected chi connectivity index (χ4v) is 9.58. The number of phosphoric ester groups is 1. The molecule has 0 heterocycles. The molecule has 0 saturated heterocycles. The van der Waals surface area contributed by atoms with E-state index in [9.17, 15) is 19.0 Å². The van der Waals surface area contributed by atoms with Gasteiger partial charge in [-0.15, -0.1) is 0 Å². The summed E-state index contributed by atoms with van der Waals surface area (Å²) in [7, 11) is 1.43. The van der Waals surface area contributed by atoms with E-state index in [0.29, 0.717) is 23.9 Å². The van der Waals surface area contributed by atoms with Crippen LogP contribution in [-0.4, -0.2) is 74.9 Å². The molecule has 0 aromatic carbocycles. The number of rotatable bonds is 59. The van der Waals surface area contributed by atoms with Gasteiger partial charge in [0.25, 0.3) is 0 Å². The molecular weight excluding hydrogens is 1010 g/mol. The Morgan fingerprint density at radius 1 is 0.400 bits per heavy atom. The highest BCUT2D eigenvalue weighted by Crippen LogP contribution is 2.43. The summed E-state index contributed by atoms with van der Waals surface area (Å²) in [5.41, 5.74) is 0. The van der Waals surface area contributed by atoms with Crippen molar-refractivity contribution in [2.24, 2.45) is 0 Å². The molecule has 0 aliphatic heterocycles. The first-order valence-electron chi connectivity index (χ1n) is 32.6. The summed E-state index contributed by atoms with van der Waals surface area (Å²) in [4.78, 5) is 35.8. The molecule has 9 nitrogen and oxygen atoms in total. The number of carbonyl (C=O) groups excluding carboxylic acids is 2. The number of hydrogen-bond donors (Lipinski definition) is 1. The van der Waals surface area contributed by atoms with Gasteiger partial charge in [0.15, 0.2) is 6.10 Å². The fourth-order valence-electron chi connectivity index (χ4n) is 8.84. The Kier molecular flexibility index (Phi) is 57.8. The van der Waals surface area contributed by atoms with E-state index in [-0.39, 0.29) is 32.0 Å². The van der Waals surface area contributed by atoms with Gasteiger partial charge in [-0.05, 0) is 77.0 Å². The smallest absolute Gasteiger partial charge is 0.462 e. The SMILES string of the molecule is CC/C=C\C/C=C\C/C=C\C/C=C\C/C=C\C/C=C\C/C=C\C/C=C\C/C=C\CCCC(=O)OC(COC(=O)CCCCCCCCCCCCCCCCCCCCCCCCCCCCC)COP(=O)(O)OCC[N+](C)(C)C. The number of quaternary nitrogens is 1. The highest BCUT2D eigenvalue weighted by atomic mass is 31.2. The Morgan fingerprint density at radius 2 is 0.713 bits per heavy atom. The Hall–Kier alpha value is -3.33. The molecule has 460 valence electrons. The topological polar surface area (TPSA) is 108 Å². The number of unbranched alkanes of at least 4 members (excludes halogenated alkanes) is 27. The molecule has 0 aliphatic rings. The predicted octanol–water partition coefficient (Wildman–Crippen LogP) is 20.9. The van der Waals surface area contributed by atoms with E-state index in [1.54, 1.807) is 0 Å². The van der Waals surface area contributed by atoms with E-state index in [2.05, 4.69) is 123 Å². The molecule has 0 radical (unpaired) electrons. The first-order chi connectivity index (χ1) is 39.0. The lowest BCUT2D eigenvalue weighted by Crippen LogP contribution is -2.37. The van der Waals surface area contributed by atoms with E-state index in [0.717, 1.165) is 77.0 Å². The van der Waals surface area contributed by atoms with Gasteiger partial charge in [-0.25, -0.2) is 4.57 Å². The summed E-state index contributed by atoms with van der Waals surface area (Å²) in [6.45, 7) is 4.28. The maximum absolute atomic E-state index is 12.8. The summed E-state index contributed by atoms with van der Waals surface area (Å²) in [6.07, 6.45) is 84.8. The largest absolute Gasteiger partial charge is 0.472 e. The maximum atomic E-state index is 12.8. The Morgan fingerprint density at radius 3 is 1.05 bits per heavy atom. The summed E-state index contributed by atoms with van der Waals surface area (Å²) in [6, 6.07) is 0. The summed E-state index contributed by atoms with van der Waals surface area (Å²) in [5.74, 6) is -0.865. The van der Waals surface area contributed by atoms with Gasteiger partial charge in [0, 0.05) is 12.8 Å². The Labute approximate surface area is 493 Å². The molecule has 0 aromatic heterocycles. The van der Waals surface area contributed by atoms with Crippen LogP contribution in [-0.2, 0) is 32.7 Å². The van der Waals surface area contributed by atoms with E-state index < -0.39 is 26.5 Å². The normalized spacial score (nSPS) is 13.9. The molecule has 0 aromatic rings. The molecule has 0 spiro atoms. The van der Waals surface area contributed by atoms with Crippen LogP contribution in [0.4, 0.5) is 0 Å². The second-order valence-corrected chi connectivity index (χ2v) is 24.2. The van der Waals surface area contributed by atoms with Gasteiger partial charge in [-0.1, -0.05) is 290 Å². The first-order valence-corrected chi connectivity index (χ1v) is 34.1. The van der Waals surface area contributed by atoms with Gasteiger partial charge >= 0.3 is 19.8 Å². The Bertz CT molecular complexity index is 1720. The number of carbonyl (C=O) groups is 2. The van der Waals surface area contributed by atoms with Crippen molar-refractivity contribution in [1.29, 1.82) is 0 Å². The van der Waals surface area contributed by atoms with Crippen molar-refractivity contribution < 1.29 is 42.1 Å². The minimum atomic E-state index is -4.41. The van der Waals surface area contributed by atoms with Crippen LogP contribution in [0, 0.1) is 0 Å². The van der Waals surface area contributed by atoms with Gasteiger partial charge in [0.05, 0.1) is 27.7 Å². The van der Waals surface area contributed by atoms with Crippen LogP contribution in [0.5, 0.6) is 0 Å². The lowest BCUT2D eigenvalue weighted by Gasteiger charge is -2.24. The monoisotopic (exact) mass is 1140 g/mol. The molecule has 0 amide bonds. The maximum Gasteiger partial charge on any atom is 0.472 e. The molecule has 10 heteroatoms. The van der Waals surface area contributed by atoms with Crippen molar-refractivity contribution in [2.45, 2.75) is 277 Å². The van der Waals surface area contributed by atoms with E-state index in [1.807, 2.05) is 21.1 Å². The third-order valence-electron chi connectivity index (χ3n) is 13.8. The standard InChI is InChI=1S/C70H122NO8P/c1-6-8-10-12-14-16-18-20-22-24-26-28-30-32-34-35-37-39-41-43-45-47-49-51-53-55-57-59-61-63-70(73)79-68(67-78-80(74,75)77-65-64-71(3,4)5)66-76-69(72)62-60-58-56-54-52-50-48-46-44-42-40-38-36-33-31-29-27-25-23-21-19-17-15-13-11-9-7-2/h8,10,14,16,20,22,26,28,32,34,37,39,43,45,49,51,55,57,68H,6-7,9,11-13,15,17-19,21,23-25,27,29-31,33,35-36,38,40-42,44,46-48,50,52-54,56,58-67H2,1-5H3/p+1/b10-8-,16-14-,22-20-,28-26-,34-32-,39-37-,45-43-,51-49-,57-55-. The highest BCUT2D eigenvalue weighted by molar-refractivity contribution is 7.47. The molecule has 2 atom stereocenters. The number of ether oxygens (including phenoxy) is 2. The third kappa shape index (κ3) is 63.8. The van der Waals surface area contributed by atoms with Crippen molar-refractivity contribution in [2.75, 3.05) is 47.5 Å². The second kappa shape index (κ2) is 60.3. The average molecular weight is 1140 g/mol. The van der Waals surface area contributed by atoms with Crippen LogP contribution in [0.15, 0.2) is 109 Å². The van der Waals surface area contributed by atoms with Crippen LogP contribution >= 0.6 is 7.82 Å². The number of nitrogens with zero attached hydrogens (tertiary/aromatic N) is 1. The number of phosphoric acid groups is 1. The molecule has 0 fully saturated rings. The molecule has 0 bridgehead atoms. The summed E-state index contributed by atoms with van der Waals surface area (Å²) in [5, 5.41) is 0. The molecule has 1 N–H and O–H groups in total. The summed E-state index contributed by atoms with van der Waals surface area (Å²) >= 11 is 0. The molecule has 80 heavy (non-hydrogen) atoms. The quantitative estimate of drug-likeness (QED) is 0.0211. The van der Waals surface area contributed by atoms with Gasteiger partial charge in [-0.3, -0.25) is 18.6 Å². The lowest BCUT2D eigenvalue weighted by molar-refractivity contribution is -0.870. The van der Waals surface area contributed by atoms with Gasteiger partial charge < -0.3 is 18.9 Å². The number of hydrogen-bond acceptors (Lipinski definition) is 7. The van der Waals surface area contributed by atoms with Crippen molar-refractivity contribution in [3.8, 4) is 0 Å². The van der Waals surface area contributed by atoms with Gasteiger partial charge in [-0.2, -0.15) is 0 Å². The minimum Gasteiger partial charge on any atom is -0.462 e. The van der Waals surface area contributed by atoms with E-state index >= 15 is 0 Å². The zero-order chi connectivity index (χ0) is 58.4. The predicted molar refractivity (Wildman–Crippen MR) is 344 cm³/mol. The number of likely N-dealkylation sites (N-methyl/N-ethyl adjacent to an activating group) is 1. The average Bonchev–Trinajstić information content (AvgIpc) is 3.42. The highest BCUT2D eigenvalue weighted by Gasteiger charge is 2.27. The number of esters is 2. The Balaban J connectivity index is 4.21. The van der Waals surface area contributed by atoms with Crippen LogP contribution in [0.2, 0.25) is 0 Å². The van der Waals surface area contributed by atoms with Crippen LogP contribution in [0.1, 0.15) is 271 Å². The second-order valence-electron chi connectivity index (χ2n) is 22.8. The minimum absolute atomic E-state index is 0.0163. The molecule has 2 unspecified atom stereocenters. The van der Waals surface area contributed by atoms with E-state index in [1.165, 1.54) is 154 Å². The first kappa shape index (κ1) is 76.7. The zero-order valence-electron chi connectivity index (χ0n) is 52.3. The molecule has 0 rings (SSSR count). The fraction of sp³-hybridized carbons (Fsp3) is 0.714. The van der Waals surface area contributed by atoms with Crippen molar-refractivity contribution in [1.82, 2.24) is 0 Å². The number of allylic oxidation sites excluding steroid dienone is 18. The third-order valence-corrected chi connectivity index (χ3v) is 14.8. The van der Waals surface area contributed by atoms with E-state index in [4.69, 9.17) is 18.5 Å². The van der Waals surface area contributed by atoms with Crippen LogP contribution in [0.25, 0.3) is 0 Å².